The lowest BCUT2D eigenvalue weighted by Crippen LogP contribution is -2.55. The van der Waals surface area contributed by atoms with E-state index in [1.165, 1.54) is 6.07 Å². The van der Waals surface area contributed by atoms with Crippen LogP contribution in [0.15, 0.2) is 54.7 Å². The molecule has 3 aromatic rings. The van der Waals surface area contributed by atoms with Crippen molar-refractivity contribution in [3.63, 3.8) is 0 Å². The second kappa shape index (κ2) is 8.98. The Morgan fingerprint density at radius 3 is 2.85 bits per heavy atom. The van der Waals surface area contributed by atoms with Crippen LogP contribution in [0.2, 0.25) is 0 Å². The van der Waals surface area contributed by atoms with Gasteiger partial charge in [-0.2, -0.15) is 0 Å². The SMILES string of the molecule is O=C1CCN(Cc2cccc(F)c2)CC2(CCN(C(=O)CCc3c[nH]c4ccccc34)C2)N1. The molecule has 0 bridgehead atoms. The Balaban J connectivity index is 1.23. The molecule has 1 aromatic heterocycles. The normalized spacial score (nSPS) is 21.5. The maximum absolute atomic E-state index is 13.6. The lowest BCUT2D eigenvalue weighted by atomic mass is 9.97. The number of benzene rings is 2. The van der Waals surface area contributed by atoms with Crippen LogP contribution in [-0.2, 0) is 22.6 Å². The average Bonchev–Trinajstić information content (AvgIpc) is 3.36. The smallest absolute Gasteiger partial charge is 0.222 e. The van der Waals surface area contributed by atoms with Gasteiger partial charge < -0.3 is 15.2 Å². The van der Waals surface area contributed by atoms with Crippen molar-refractivity contribution in [1.29, 1.82) is 0 Å². The lowest BCUT2D eigenvalue weighted by molar-refractivity contribution is -0.131. The summed E-state index contributed by atoms with van der Waals surface area (Å²) in [6.07, 6.45) is 4.26. The van der Waals surface area contributed by atoms with E-state index < -0.39 is 5.54 Å². The average molecular weight is 449 g/mol. The Kier molecular flexibility index (Phi) is 5.89. The Morgan fingerprint density at radius 2 is 1.97 bits per heavy atom. The summed E-state index contributed by atoms with van der Waals surface area (Å²) in [5.74, 6) is -0.115. The molecule has 2 saturated heterocycles. The van der Waals surface area contributed by atoms with E-state index in [2.05, 4.69) is 21.3 Å². The first kappa shape index (κ1) is 21.6. The molecule has 5 rings (SSSR count). The van der Waals surface area contributed by atoms with Gasteiger partial charge in [0.05, 0.1) is 5.54 Å². The van der Waals surface area contributed by atoms with E-state index in [9.17, 15) is 14.0 Å². The van der Waals surface area contributed by atoms with Crippen molar-refractivity contribution in [2.75, 3.05) is 26.2 Å². The maximum Gasteiger partial charge on any atom is 0.222 e. The molecule has 3 heterocycles. The molecule has 0 aliphatic carbocycles. The molecule has 0 saturated carbocycles. The molecule has 1 unspecified atom stereocenters. The van der Waals surface area contributed by atoms with Crippen LogP contribution in [-0.4, -0.2) is 58.3 Å². The van der Waals surface area contributed by atoms with E-state index in [0.29, 0.717) is 52.0 Å². The van der Waals surface area contributed by atoms with Gasteiger partial charge in [0, 0.05) is 62.7 Å². The van der Waals surface area contributed by atoms with Crippen molar-refractivity contribution >= 4 is 22.7 Å². The number of aromatic amines is 1. The predicted octanol–water partition coefficient (Wildman–Crippen LogP) is 3.23. The summed E-state index contributed by atoms with van der Waals surface area (Å²) in [5, 5.41) is 4.37. The highest BCUT2D eigenvalue weighted by Crippen LogP contribution is 2.27. The van der Waals surface area contributed by atoms with E-state index >= 15 is 0 Å². The second-order valence-electron chi connectivity index (χ2n) is 9.34. The highest BCUT2D eigenvalue weighted by atomic mass is 19.1. The quantitative estimate of drug-likeness (QED) is 0.630. The van der Waals surface area contributed by atoms with Crippen molar-refractivity contribution in [3.8, 4) is 0 Å². The molecule has 2 amide bonds. The molecular weight excluding hydrogens is 419 g/mol. The van der Waals surface area contributed by atoms with Crippen LogP contribution in [0.5, 0.6) is 0 Å². The van der Waals surface area contributed by atoms with Gasteiger partial charge in [0.2, 0.25) is 11.8 Å². The third kappa shape index (κ3) is 4.78. The van der Waals surface area contributed by atoms with E-state index in [1.54, 1.807) is 12.1 Å². The maximum atomic E-state index is 13.6. The summed E-state index contributed by atoms with van der Waals surface area (Å²) in [6, 6.07) is 14.7. The number of hydrogen-bond donors (Lipinski definition) is 2. The van der Waals surface area contributed by atoms with Crippen molar-refractivity contribution in [2.24, 2.45) is 0 Å². The fourth-order valence-corrected chi connectivity index (χ4v) is 5.25. The predicted molar refractivity (Wildman–Crippen MR) is 125 cm³/mol. The lowest BCUT2D eigenvalue weighted by Gasteiger charge is -2.33. The van der Waals surface area contributed by atoms with Crippen LogP contribution in [0.1, 0.15) is 30.4 Å². The highest BCUT2D eigenvalue weighted by molar-refractivity contribution is 5.84. The second-order valence-corrected chi connectivity index (χ2v) is 9.34. The van der Waals surface area contributed by atoms with Gasteiger partial charge in [-0.05, 0) is 42.2 Å². The van der Waals surface area contributed by atoms with E-state index in [0.717, 1.165) is 28.5 Å². The third-order valence-corrected chi connectivity index (χ3v) is 6.87. The number of H-pyrrole nitrogens is 1. The Morgan fingerprint density at radius 1 is 1.09 bits per heavy atom. The van der Waals surface area contributed by atoms with E-state index in [-0.39, 0.29) is 17.6 Å². The number of rotatable bonds is 5. The van der Waals surface area contributed by atoms with Crippen LogP contribution in [0.25, 0.3) is 10.9 Å². The molecule has 2 aliphatic heterocycles. The number of aryl methyl sites for hydroxylation is 1. The third-order valence-electron chi connectivity index (χ3n) is 6.87. The summed E-state index contributed by atoms with van der Waals surface area (Å²) >= 11 is 0. The van der Waals surface area contributed by atoms with E-state index in [1.807, 2.05) is 35.4 Å². The molecule has 1 atom stereocenters. The van der Waals surface area contributed by atoms with Crippen LogP contribution in [0.3, 0.4) is 0 Å². The largest absolute Gasteiger partial charge is 0.361 e. The fraction of sp³-hybridized carbons (Fsp3) is 0.385. The minimum atomic E-state index is -0.447. The summed E-state index contributed by atoms with van der Waals surface area (Å²) in [7, 11) is 0. The zero-order chi connectivity index (χ0) is 22.8. The van der Waals surface area contributed by atoms with Crippen LogP contribution in [0.4, 0.5) is 4.39 Å². The van der Waals surface area contributed by atoms with Gasteiger partial charge >= 0.3 is 0 Å². The van der Waals surface area contributed by atoms with Crippen molar-refractivity contribution in [3.05, 3.63) is 71.7 Å². The minimum absolute atomic E-state index is 0.0184. The standard InChI is InChI=1S/C26H29FN4O2/c27-21-5-3-4-19(14-21)16-30-12-10-24(32)29-26(17-30)11-13-31(18-26)25(33)9-8-20-15-28-23-7-2-1-6-22(20)23/h1-7,14-15,28H,8-13,16-18H2,(H,29,32). The fourth-order valence-electron chi connectivity index (χ4n) is 5.25. The van der Waals surface area contributed by atoms with Gasteiger partial charge in [0.15, 0.2) is 0 Å². The minimum Gasteiger partial charge on any atom is -0.361 e. The molecule has 33 heavy (non-hydrogen) atoms. The number of likely N-dealkylation sites (tertiary alicyclic amines) is 1. The Bertz CT molecular complexity index is 1180. The summed E-state index contributed by atoms with van der Waals surface area (Å²) in [5.41, 5.74) is 2.68. The Hall–Kier alpha value is -3.19. The Labute approximate surface area is 192 Å². The number of aromatic nitrogens is 1. The van der Waals surface area contributed by atoms with Crippen LogP contribution in [0, 0.1) is 5.82 Å². The first-order chi connectivity index (χ1) is 16.0. The van der Waals surface area contributed by atoms with Gasteiger partial charge in [-0.15, -0.1) is 0 Å². The number of fused-ring (bicyclic) bond motifs is 1. The van der Waals surface area contributed by atoms with Gasteiger partial charge in [-0.25, -0.2) is 4.39 Å². The number of hydrogen-bond acceptors (Lipinski definition) is 3. The van der Waals surface area contributed by atoms with Gasteiger partial charge in [0.25, 0.3) is 0 Å². The topological polar surface area (TPSA) is 68.4 Å². The molecule has 7 heteroatoms. The summed E-state index contributed by atoms with van der Waals surface area (Å²) < 4.78 is 13.6. The number of para-hydroxylation sites is 1. The molecular formula is C26H29FN4O2. The van der Waals surface area contributed by atoms with Gasteiger partial charge in [-0.3, -0.25) is 14.5 Å². The highest BCUT2D eigenvalue weighted by Gasteiger charge is 2.43. The van der Waals surface area contributed by atoms with Crippen molar-refractivity contribution < 1.29 is 14.0 Å². The van der Waals surface area contributed by atoms with Crippen LogP contribution < -0.4 is 5.32 Å². The first-order valence-electron chi connectivity index (χ1n) is 11.6. The number of halogens is 1. The molecule has 2 N–H and O–H groups in total. The monoisotopic (exact) mass is 448 g/mol. The molecule has 2 aromatic carbocycles. The number of nitrogens with zero attached hydrogens (tertiary/aromatic N) is 2. The molecule has 1 spiro atoms. The zero-order valence-electron chi connectivity index (χ0n) is 18.6. The first-order valence-corrected chi connectivity index (χ1v) is 11.6. The van der Waals surface area contributed by atoms with E-state index in [4.69, 9.17) is 0 Å². The molecule has 172 valence electrons. The number of carbonyl (C=O) groups is 2. The zero-order valence-corrected chi connectivity index (χ0v) is 18.6. The summed E-state index contributed by atoms with van der Waals surface area (Å²) in [6.45, 7) is 3.02. The number of amides is 2. The molecule has 2 aliphatic rings. The van der Waals surface area contributed by atoms with Gasteiger partial charge in [0.1, 0.15) is 5.82 Å². The van der Waals surface area contributed by atoms with Crippen molar-refractivity contribution in [1.82, 2.24) is 20.1 Å². The molecule has 0 radical (unpaired) electrons. The van der Waals surface area contributed by atoms with Crippen molar-refractivity contribution in [2.45, 2.75) is 37.8 Å². The van der Waals surface area contributed by atoms with Gasteiger partial charge in [-0.1, -0.05) is 30.3 Å². The van der Waals surface area contributed by atoms with Crippen LogP contribution >= 0.6 is 0 Å². The molecule has 2 fully saturated rings. The number of carbonyl (C=O) groups excluding carboxylic acids is 2. The number of nitrogens with one attached hydrogen (secondary N) is 2. The summed E-state index contributed by atoms with van der Waals surface area (Å²) in [4.78, 5) is 32.9. The molecule has 6 nitrogen and oxygen atoms in total.